The van der Waals surface area contributed by atoms with Crippen molar-refractivity contribution >= 4 is 29.3 Å². The molecule has 1 atom stereocenters. The van der Waals surface area contributed by atoms with Crippen LogP contribution in [0.15, 0.2) is 58.6 Å². The molecule has 0 unspecified atom stereocenters. The summed E-state index contributed by atoms with van der Waals surface area (Å²) in [7, 11) is 0. The first-order valence-electron chi connectivity index (χ1n) is 10.9. The van der Waals surface area contributed by atoms with Crippen molar-refractivity contribution in [2.75, 3.05) is 0 Å². The highest BCUT2D eigenvalue weighted by atomic mass is 16.6. The van der Waals surface area contributed by atoms with E-state index < -0.39 is 17.5 Å². The maximum Gasteiger partial charge on any atom is 0.413 e. The average Bonchev–Trinajstić information content (AvgIpc) is 3.61. The number of aliphatic imine (C=N–C) groups is 1. The largest absolute Gasteiger partial charge is 0.481 e. The van der Waals surface area contributed by atoms with Gasteiger partial charge in [-0.2, -0.15) is 5.10 Å². The summed E-state index contributed by atoms with van der Waals surface area (Å²) in [6.45, 7) is 7.39. The van der Waals surface area contributed by atoms with Crippen molar-refractivity contribution < 1.29 is 19.4 Å². The second-order valence-corrected chi connectivity index (χ2v) is 8.67. The summed E-state index contributed by atoms with van der Waals surface area (Å²) in [5.74, 6) is 5.02. The smallest absolute Gasteiger partial charge is 0.413 e. The molecule has 0 aliphatic heterocycles. The molecule has 1 saturated carbocycles. The van der Waals surface area contributed by atoms with E-state index in [0.29, 0.717) is 24.2 Å². The van der Waals surface area contributed by atoms with E-state index in [9.17, 15) is 14.7 Å². The van der Waals surface area contributed by atoms with Gasteiger partial charge in [0, 0.05) is 0 Å². The zero-order valence-electron chi connectivity index (χ0n) is 19.3. The highest BCUT2D eigenvalue weighted by Crippen LogP contribution is 2.48. The Morgan fingerprint density at radius 3 is 2.03 bits per heavy atom. The van der Waals surface area contributed by atoms with Crippen LogP contribution in [0.3, 0.4) is 0 Å². The Balaban J connectivity index is 1.75. The molecular formula is C25H30N4O4. The number of carboxylic acid groups (broad SMARTS) is 1. The summed E-state index contributed by atoms with van der Waals surface area (Å²) >= 11 is 0. The van der Waals surface area contributed by atoms with Gasteiger partial charge in [0.05, 0.1) is 16.8 Å². The number of hydrazone groups is 1. The van der Waals surface area contributed by atoms with Crippen LogP contribution in [0, 0.1) is 5.92 Å². The van der Waals surface area contributed by atoms with Gasteiger partial charge in [-0.05, 0) is 61.4 Å². The number of aliphatic carboxylic acids is 1. The van der Waals surface area contributed by atoms with Crippen molar-refractivity contribution in [1.29, 1.82) is 0 Å². The van der Waals surface area contributed by atoms with Crippen LogP contribution in [-0.4, -0.2) is 34.8 Å². The van der Waals surface area contributed by atoms with E-state index in [1.54, 1.807) is 6.92 Å². The van der Waals surface area contributed by atoms with Gasteiger partial charge < -0.3 is 15.7 Å². The van der Waals surface area contributed by atoms with Crippen LogP contribution in [0.4, 0.5) is 10.5 Å². The molecule has 0 saturated heterocycles. The number of carbonyl (C=O) groups is 2. The number of alkyl carbamates (subject to hydrolysis) is 1. The number of carbonyl (C=O) groups excluding carboxylic acids is 1. The van der Waals surface area contributed by atoms with Gasteiger partial charge in [-0.1, -0.05) is 50.2 Å². The van der Waals surface area contributed by atoms with E-state index in [4.69, 9.17) is 10.6 Å². The molecule has 33 heavy (non-hydrogen) atoms. The first kappa shape index (κ1) is 24.0. The molecule has 1 fully saturated rings. The van der Waals surface area contributed by atoms with Crippen LogP contribution in [0.2, 0.25) is 0 Å². The number of carboxylic acids is 1. The maximum absolute atomic E-state index is 12.2. The molecule has 2 aromatic rings. The molecule has 4 N–H and O–H groups in total. The third-order valence-electron chi connectivity index (χ3n) is 6.03. The van der Waals surface area contributed by atoms with Crippen LogP contribution in [-0.2, 0) is 14.9 Å². The van der Waals surface area contributed by atoms with E-state index >= 15 is 0 Å². The summed E-state index contributed by atoms with van der Waals surface area (Å²) in [5.41, 5.74) is 3.02. The second-order valence-electron chi connectivity index (χ2n) is 8.67. The number of ether oxygens (including phenoxy) is 1. The lowest BCUT2D eigenvalue weighted by atomic mass is 9.94. The van der Waals surface area contributed by atoms with Crippen molar-refractivity contribution in [2.45, 2.75) is 52.1 Å². The van der Waals surface area contributed by atoms with Crippen LogP contribution in [0.25, 0.3) is 11.1 Å². The number of nitrogens with two attached hydrogens (primary N) is 1. The van der Waals surface area contributed by atoms with Crippen LogP contribution in [0.5, 0.6) is 0 Å². The quantitative estimate of drug-likeness (QED) is 0.246. The van der Waals surface area contributed by atoms with Crippen molar-refractivity contribution in [3.05, 3.63) is 54.1 Å². The third kappa shape index (κ3) is 5.58. The minimum atomic E-state index is -0.763. The number of amidine groups is 1. The van der Waals surface area contributed by atoms with Crippen molar-refractivity contribution in [1.82, 2.24) is 5.32 Å². The Bertz CT molecular complexity index is 1070. The fraction of sp³-hybridized carbons (Fsp3) is 0.360. The van der Waals surface area contributed by atoms with E-state index in [1.165, 1.54) is 0 Å². The lowest BCUT2D eigenvalue weighted by molar-refractivity contribution is -0.140. The molecule has 0 bridgehead atoms. The molecule has 174 valence electrons. The van der Waals surface area contributed by atoms with Gasteiger partial charge in [-0.3, -0.25) is 10.1 Å². The molecule has 1 aliphatic carbocycles. The molecule has 0 spiro atoms. The standard InChI is InChI=1S/C25H30N4O4/c1-15(2)17(4)33-24(32)28-22(16(3)29-26)27-21-11-7-19(8-12-21)18-5-9-20(10-6-18)25(13-14-25)23(30)31/h5-12,15,17H,13-14,26H2,1-4H3,(H,30,31)(H,27,28,32)/b29-16-/t17-/m1/s1. The zero-order chi connectivity index (χ0) is 24.2. The first-order chi connectivity index (χ1) is 15.7. The minimum absolute atomic E-state index is 0.181. The predicted molar refractivity (Wildman–Crippen MR) is 129 cm³/mol. The normalized spacial score (nSPS) is 16.3. The topological polar surface area (TPSA) is 126 Å². The van der Waals surface area contributed by atoms with Gasteiger partial charge in [0.1, 0.15) is 6.10 Å². The maximum atomic E-state index is 12.2. The van der Waals surface area contributed by atoms with Gasteiger partial charge in [0.15, 0.2) is 5.84 Å². The third-order valence-corrected chi connectivity index (χ3v) is 6.03. The molecule has 8 heteroatoms. The second kappa shape index (κ2) is 9.85. The summed E-state index contributed by atoms with van der Waals surface area (Å²) in [5, 5.41) is 15.7. The number of nitrogens with zero attached hydrogens (tertiary/aromatic N) is 2. The first-order valence-corrected chi connectivity index (χ1v) is 10.9. The number of amides is 1. The molecular weight excluding hydrogens is 420 g/mol. The lowest BCUT2D eigenvalue weighted by Gasteiger charge is -2.17. The van der Waals surface area contributed by atoms with Crippen LogP contribution in [0.1, 0.15) is 46.1 Å². The van der Waals surface area contributed by atoms with Crippen molar-refractivity contribution in [3.8, 4) is 11.1 Å². The number of hydrogen-bond acceptors (Lipinski definition) is 6. The molecule has 3 rings (SSSR count). The van der Waals surface area contributed by atoms with Gasteiger partial charge in [0.2, 0.25) is 0 Å². The highest BCUT2D eigenvalue weighted by molar-refractivity contribution is 6.43. The molecule has 0 aromatic heterocycles. The molecule has 2 aromatic carbocycles. The van der Waals surface area contributed by atoms with E-state index in [2.05, 4.69) is 15.4 Å². The molecule has 8 nitrogen and oxygen atoms in total. The molecule has 0 radical (unpaired) electrons. The fourth-order valence-corrected chi connectivity index (χ4v) is 3.28. The van der Waals surface area contributed by atoms with Gasteiger partial charge in [0.25, 0.3) is 0 Å². The number of nitrogens with one attached hydrogen (secondary N) is 1. The van der Waals surface area contributed by atoms with E-state index in [0.717, 1.165) is 16.7 Å². The number of rotatable bonds is 7. The summed E-state index contributed by atoms with van der Waals surface area (Å²) in [4.78, 5) is 28.2. The van der Waals surface area contributed by atoms with Gasteiger partial charge in [-0.15, -0.1) is 0 Å². The Morgan fingerprint density at radius 2 is 1.58 bits per heavy atom. The van der Waals surface area contributed by atoms with Crippen molar-refractivity contribution in [3.63, 3.8) is 0 Å². The lowest BCUT2D eigenvalue weighted by Crippen LogP contribution is -2.38. The Labute approximate surface area is 193 Å². The summed E-state index contributed by atoms with van der Waals surface area (Å²) in [6, 6.07) is 15.1. The Morgan fingerprint density at radius 1 is 1.03 bits per heavy atom. The monoisotopic (exact) mass is 450 g/mol. The predicted octanol–water partition coefficient (Wildman–Crippen LogP) is 4.61. The van der Waals surface area contributed by atoms with Crippen molar-refractivity contribution in [2.24, 2.45) is 21.9 Å². The Kier molecular flexibility index (Phi) is 7.16. The van der Waals surface area contributed by atoms with E-state index in [-0.39, 0.29) is 17.9 Å². The molecule has 1 amide bonds. The summed E-state index contributed by atoms with van der Waals surface area (Å²) in [6.07, 6.45) is 0.488. The molecule has 1 aliphatic rings. The Hall–Kier alpha value is -3.68. The number of hydrogen-bond donors (Lipinski definition) is 3. The SMILES string of the molecule is C/C(=N/N)C(=Nc1ccc(-c2ccc(C3(C(=O)O)CC3)cc2)cc1)NC(=O)O[C@H](C)C(C)C. The molecule has 0 heterocycles. The fourth-order valence-electron chi connectivity index (χ4n) is 3.28. The summed E-state index contributed by atoms with van der Waals surface area (Å²) < 4.78 is 5.34. The van der Waals surface area contributed by atoms with Gasteiger partial charge in [-0.25, -0.2) is 9.79 Å². The zero-order valence-corrected chi connectivity index (χ0v) is 19.3. The van der Waals surface area contributed by atoms with Crippen LogP contribution >= 0.6 is 0 Å². The van der Waals surface area contributed by atoms with Gasteiger partial charge >= 0.3 is 12.1 Å². The number of benzene rings is 2. The highest BCUT2D eigenvalue weighted by Gasteiger charge is 2.51. The van der Waals surface area contributed by atoms with E-state index in [1.807, 2.05) is 69.3 Å². The average molecular weight is 451 g/mol. The minimum Gasteiger partial charge on any atom is -0.481 e. The van der Waals surface area contributed by atoms with Crippen LogP contribution < -0.4 is 11.2 Å².